The summed E-state index contributed by atoms with van der Waals surface area (Å²) in [6.45, 7) is 6.47. The maximum absolute atomic E-state index is 14.0. The van der Waals surface area contributed by atoms with Gasteiger partial charge in [0.2, 0.25) is 21.8 Å². The molecule has 0 aliphatic carbocycles. The highest BCUT2D eigenvalue weighted by molar-refractivity contribution is 7.89. The number of carbonyl (C=O) groups excluding carboxylic acids is 2. The Labute approximate surface area is 357 Å². The van der Waals surface area contributed by atoms with E-state index in [-0.39, 0.29) is 42.0 Å². The number of aryl methyl sites for hydroxylation is 1. The minimum absolute atomic E-state index is 0.0640. The number of hydrogen-bond donors (Lipinski definition) is 4. The zero-order valence-corrected chi connectivity index (χ0v) is 35.3. The number of aliphatic hydroxyl groups is 1. The van der Waals surface area contributed by atoms with Crippen LogP contribution in [0, 0.1) is 12.8 Å². The van der Waals surface area contributed by atoms with E-state index in [4.69, 9.17) is 9.47 Å². The van der Waals surface area contributed by atoms with Crippen molar-refractivity contribution < 1.29 is 32.6 Å². The number of aliphatic hydroxyl groups excluding tert-OH is 1. The van der Waals surface area contributed by atoms with E-state index in [0.717, 1.165) is 27.9 Å². The first-order chi connectivity index (χ1) is 29.5. The molecular formula is C48H53N5O7S. The summed E-state index contributed by atoms with van der Waals surface area (Å²) in [5.41, 5.74) is 5.04. The first-order valence-corrected chi connectivity index (χ1v) is 22.4. The fraction of sp³-hybridized carbons (Fsp3) is 0.333. The predicted octanol–water partition coefficient (Wildman–Crippen LogP) is 6.24. The van der Waals surface area contributed by atoms with Crippen LogP contribution in [0.25, 0.3) is 0 Å². The maximum Gasteiger partial charge on any atom is 0.247 e. The number of ether oxygens (including phenoxy) is 2. The van der Waals surface area contributed by atoms with Gasteiger partial charge in [-0.3, -0.25) is 9.59 Å². The number of likely N-dealkylation sites (tertiary alicyclic amines) is 1. The highest BCUT2D eigenvalue weighted by Crippen LogP contribution is 2.43. The van der Waals surface area contributed by atoms with E-state index >= 15 is 0 Å². The largest absolute Gasteiger partial charge is 0.392 e. The summed E-state index contributed by atoms with van der Waals surface area (Å²) in [7, 11) is -4.04. The first-order valence-electron chi connectivity index (χ1n) is 20.9. The van der Waals surface area contributed by atoms with E-state index in [1.165, 1.54) is 12.1 Å². The average Bonchev–Trinajstić information content (AvgIpc) is 3.59. The third kappa shape index (κ3) is 9.42. The van der Waals surface area contributed by atoms with Crippen LogP contribution in [0.1, 0.15) is 60.0 Å². The van der Waals surface area contributed by atoms with E-state index < -0.39 is 33.8 Å². The van der Waals surface area contributed by atoms with Gasteiger partial charge in [0.05, 0.1) is 30.4 Å². The number of anilines is 2. The SMILES string of the molecule is Cc1ccc(S(=O)(=O)N[C@H](Cc2ccccc2)C(=O)Nc2cccc([C@H]3O[C@@H](CN4CCC5(CC4)C(=O)NCN5c4ccccc4)[C@@H](C)[C@@H](c4ccc(CO)cc4)O3)c2)cc1. The van der Waals surface area contributed by atoms with Crippen LogP contribution in [0.15, 0.2) is 138 Å². The summed E-state index contributed by atoms with van der Waals surface area (Å²) >= 11 is 0. The maximum atomic E-state index is 14.0. The first kappa shape index (κ1) is 42.3. The standard InChI is InChI=1S/C48H53N5O7S/c1-33-16-22-41(23-17-33)61(57,58)51-42(28-35-10-5-3-6-11-35)45(55)50-39-13-9-12-38(29-39)46-59-43(34(2)44(60-46)37-20-18-36(31-54)19-21-37)30-52-26-24-48(25-27-52)47(56)49-32-53(48)40-14-7-4-8-15-40/h3-23,29,34,42-44,46,51,54H,24-28,30-32H2,1-2H3,(H,49,56)(H,50,55)/t34-,42-,43+,44+,46+/m1/s1. The fourth-order valence-corrected chi connectivity index (χ4v) is 9.92. The van der Waals surface area contributed by atoms with Gasteiger partial charge in [-0.15, -0.1) is 0 Å². The van der Waals surface area contributed by atoms with Crippen LogP contribution < -0.4 is 20.3 Å². The number of hydrogen-bond acceptors (Lipinski definition) is 9. The van der Waals surface area contributed by atoms with Gasteiger partial charge >= 0.3 is 0 Å². The average molecular weight is 844 g/mol. The number of nitrogens with one attached hydrogen (secondary N) is 3. The predicted molar refractivity (Wildman–Crippen MR) is 234 cm³/mol. The number of carbonyl (C=O) groups is 2. The minimum Gasteiger partial charge on any atom is -0.392 e. The Morgan fingerprint density at radius 1 is 0.852 bits per heavy atom. The molecule has 0 radical (unpaired) electrons. The van der Waals surface area contributed by atoms with E-state index in [1.807, 2.05) is 91.9 Å². The molecule has 4 N–H and O–H groups in total. The van der Waals surface area contributed by atoms with Gasteiger partial charge in [-0.1, -0.05) is 110 Å². The van der Waals surface area contributed by atoms with Crippen molar-refractivity contribution in [2.45, 2.75) is 74.7 Å². The second-order valence-electron chi connectivity index (χ2n) is 16.4. The molecule has 61 heavy (non-hydrogen) atoms. The van der Waals surface area contributed by atoms with Crippen LogP contribution in [0.5, 0.6) is 0 Å². The van der Waals surface area contributed by atoms with E-state index in [2.05, 4.69) is 44.2 Å². The molecule has 1 spiro atoms. The Kier molecular flexibility index (Phi) is 12.7. The molecule has 3 saturated heterocycles. The van der Waals surface area contributed by atoms with Gasteiger partial charge in [0.25, 0.3) is 0 Å². The zero-order valence-electron chi connectivity index (χ0n) is 34.4. The Morgan fingerprint density at radius 3 is 2.23 bits per heavy atom. The van der Waals surface area contributed by atoms with Gasteiger partial charge in [0.15, 0.2) is 6.29 Å². The van der Waals surface area contributed by atoms with E-state index in [1.54, 1.807) is 24.3 Å². The lowest BCUT2D eigenvalue weighted by molar-refractivity contribution is -0.276. The fourth-order valence-electron chi connectivity index (χ4n) is 8.72. The van der Waals surface area contributed by atoms with Gasteiger partial charge < -0.3 is 35.0 Å². The van der Waals surface area contributed by atoms with Crippen molar-refractivity contribution in [3.63, 3.8) is 0 Å². The van der Waals surface area contributed by atoms with Crippen molar-refractivity contribution in [1.82, 2.24) is 14.9 Å². The third-order valence-electron chi connectivity index (χ3n) is 12.3. The molecule has 0 bridgehead atoms. The highest BCUT2D eigenvalue weighted by Gasteiger charge is 2.51. The normalized spacial score (nSPS) is 22.1. The summed E-state index contributed by atoms with van der Waals surface area (Å²) in [4.78, 5) is 32.1. The summed E-state index contributed by atoms with van der Waals surface area (Å²) < 4.78 is 43.3. The topological polar surface area (TPSA) is 150 Å². The quantitative estimate of drug-likeness (QED) is 0.108. The molecule has 13 heteroatoms. The van der Waals surface area contributed by atoms with Crippen LogP contribution in [-0.2, 0) is 42.1 Å². The molecule has 5 aromatic carbocycles. The van der Waals surface area contributed by atoms with Crippen molar-refractivity contribution in [1.29, 1.82) is 0 Å². The Hall–Kier alpha value is -5.41. The van der Waals surface area contributed by atoms with Crippen molar-refractivity contribution in [3.8, 4) is 0 Å². The number of rotatable bonds is 13. The Bertz CT molecular complexity index is 2390. The second-order valence-corrected chi connectivity index (χ2v) is 18.1. The molecule has 12 nitrogen and oxygen atoms in total. The van der Waals surface area contributed by atoms with Crippen molar-refractivity contribution >= 4 is 33.2 Å². The number of amides is 2. The highest BCUT2D eigenvalue weighted by atomic mass is 32.2. The smallest absolute Gasteiger partial charge is 0.247 e. The molecular weight excluding hydrogens is 791 g/mol. The summed E-state index contributed by atoms with van der Waals surface area (Å²) in [5.74, 6) is -0.508. The van der Waals surface area contributed by atoms with Gasteiger partial charge in [0.1, 0.15) is 11.6 Å². The Morgan fingerprint density at radius 2 is 1.54 bits per heavy atom. The molecule has 5 aromatic rings. The van der Waals surface area contributed by atoms with Crippen LogP contribution in [-0.4, -0.2) is 74.2 Å². The summed E-state index contributed by atoms with van der Waals surface area (Å²) in [6.07, 6.45) is 0.0688. The molecule has 3 aliphatic heterocycles. The molecule has 3 fully saturated rings. The number of nitrogens with zero attached hydrogens (tertiary/aromatic N) is 2. The van der Waals surface area contributed by atoms with Crippen molar-refractivity contribution in [2.24, 2.45) is 5.92 Å². The third-order valence-corrected chi connectivity index (χ3v) is 13.8. The molecule has 3 heterocycles. The number of para-hydroxylation sites is 1. The molecule has 2 amide bonds. The van der Waals surface area contributed by atoms with Gasteiger partial charge in [-0.05, 0) is 79.3 Å². The Balaban J connectivity index is 1.01. The van der Waals surface area contributed by atoms with Gasteiger partial charge in [-0.2, -0.15) is 4.72 Å². The van der Waals surface area contributed by atoms with E-state index in [0.29, 0.717) is 50.4 Å². The van der Waals surface area contributed by atoms with Crippen molar-refractivity contribution in [2.75, 3.05) is 36.5 Å². The number of sulfonamides is 1. The van der Waals surface area contributed by atoms with Crippen molar-refractivity contribution in [3.05, 3.63) is 161 Å². The molecule has 318 valence electrons. The monoisotopic (exact) mass is 843 g/mol. The van der Waals surface area contributed by atoms with E-state index in [9.17, 15) is 23.1 Å². The minimum atomic E-state index is -4.04. The number of benzene rings is 5. The molecule has 8 rings (SSSR count). The van der Waals surface area contributed by atoms with Crippen LogP contribution >= 0.6 is 0 Å². The van der Waals surface area contributed by atoms with Crippen LogP contribution in [0.4, 0.5) is 11.4 Å². The molecule has 3 aliphatic rings. The molecule has 0 aromatic heterocycles. The van der Waals surface area contributed by atoms with Gasteiger partial charge in [-0.25, -0.2) is 8.42 Å². The second kappa shape index (κ2) is 18.3. The zero-order chi connectivity index (χ0) is 42.6. The lowest BCUT2D eigenvalue weighted by atomic mass is 9.84. The summed E-state index contributed by atoms with van der Waals surface area (Å²) in [6, 6.07) is 39.8. The molecule has 0 saturated carbocycles. The molecule has 5 atom stereocenters. The van der Waals surface area contributed by atoms with Gasteiger partial charge in [0, 0.05) is 42.5 Å². The number of piperidine rings is 1. The lowest BCUT2D eigenvalue weighted by Crippen LogP contribution is -2.57. The summed E-state index contributed by atoms with van der Waals surface area (Å²) in [5, 5.41) is 15.8. The van der Waals surface area contributed by atoms with Crippen LogP contribution in [0.2, 0.25) is 0 Å². The van der Waals surface area contributed by atoms with Crippen LogP contribution in [0.3, 0.4) is 0 Å². The lowest BCUT2D eigenvalue weighted by Gasteiger charge is -2.46. The molecule has 0 unspecified atom stereocenters.